The Labute approximate surface area is 111 Å². The van der Waals surface area contributed by atoms with E-state index in [1.54, 1.807) is 12.3 Å². The van der Waals surface area contributed by atoms with Crippen LogP contribution in [0.2, 0.25) is 5.02 Å². The number of rotatable bonds is 3. The van der Waals surface area contributed by atoms with E-state index in [0.29, 0.717) is 11.6 Å². The number of halogens is 1. The van der Waals surface area contributed by atoms with Crippen LogP contribution in [0.15, 0.2) is 18.3 Å². The molecule has 0 aliphatic heterocycles. The van der Waals surface area contributed by atoms with E-state index < -0.39 is 6.10 Å². The van der Waals surface area contributed by atoms with Gasteiger partial charge in [-0.1, -0.05) is 11.6 Å². The van der Waals surface area contributed by atoms with Crippen LogP contribution in [-0.2, 0) is 0 Å². The average Bonchev–Trinajstić information content (AvgIpc) is 2.72. The molecule has 0 unspecified atom stereocenters. The minimum atomic E-state index is -0.655. The highest BCUT2D eigenvalue weighted by Crippen LogP contribution is 2.30. The third-order valence-electron chi connectivity index (χ3n) is 2.77. The van der Waals surface area contributed by atoms with Gasteiger partial charge < -0.3 is 10.4 Å². The molecular formula is C13H18ClN3O. The summed E-state index contributed by atoms with van der Waals surface area (Å²) >= 11 is 6.18. The zero-order valence-electron chi connectivity index (χ0n) is 10.8. The van der Waals surface area contributed by atoms with Crippen molar-refractivity contribution in [2.75, 3.05) is 6.54 Å². The van der Waals surface area contributed by atoms with E-state index >= 15 is 0 Å². The molecule has 0 saturated heterocycles. The lowest BCUT2D eigenvalue weighted by atomic mass is 10.0. The first kappa shape index (κ1) is 13.3. The maximum Gasteiger partial charge on any atom is 0.0936 e. The molecule has 0 aliphatic rings. The number of hydrogen-bond donors (Lipinski definition) is 3. The van der Waals surface area contributed by atoms with Gasteiger partial charge >= 0.3 is 0 Å². The highest BCUT2D eigenvalue weighted by molar-refractivity contribution is 6.32. The van der Waals surface area contributed by atoms with Crippen LogP contribution in [0, 0.1) is 0 Å². The highest BCUT2D eigenvalue weighted by Gasteiger charge is 2.18. The van der Waals surface area contributed by atoms with Crippen molar-refractivity contribution in [1.29, 1.82) is 0 Å². The van der Waals surface area contributed by atoms with Gasteiger partial charge in [0.2, 0.25) is 0 Å². The van der Waals surface area contributed by atoms with Crippen molar-refractivity contribution in [1.82, 2.24) is 15.5 Å². The Hall–Kier alpha value is -1.10. The Bertz CT molecular complexity index is 545. The normalized spacial score (nSPS) is 14.1. The lowest BCUT2D eigenvalue weighted by Crippen LogP contribution is -2.38. The van der Waals surface area contributed by atoms with Crippen LogP contribution in [0.4, 0.5) is 0 Å². The Morgan fingerprint density at radius 1 is 1.44 bits per heavy atom. The Kier molecular flexibility index (Phi) is 3.61. The Morgan fingerprint density at radius 3 is 2.83 bits per heavy atom. The summed E-state index contributed by atoms with van der Waals surface area (Å²) in [4.78, 5) is 0. The smallest absolute Gasteiger partial charge is 0.0936 e. The van der Waals surface area contributed by atoms with Crippen LogP contribution >= 0.6 is 11.6 Å². The minimum absolute atomic E-state index is 0.0439. The van der Waals surface area contributed by atoms with Crippen LogP contribution in [0.3, 0.4) is 0 Å². The van der Waals surface area contributed by atoms with Crippen molar-refractivity contribution < 1.29 is 5.11 Å². The second-order valence-electron chi connectivity index (χ2n) is 5.44. The first-order valence-electron chi connectivity index (χ1n) is 5.93. The molecule has 0 saturated carbocycles. The molecule has 2 aromatic rings. The van der Waals surface area contributed by atoms with Crippen molar-refractivity contribution in [2.24, 2.45) is 0 Å². The van der Waals surface area contributed by atoms with E-state index in [4.69, 9.17) is 11.6 Å². The first-order chi connectivity index (χ1) is 8.38. The molecular weight excluding hydrogens is 250 g/mol. The fourth-order valence-electron chi connectivity index (χ4n) is 1.86. The standard InChI is InChI=1S/C13H18ClN3O/c1-13(2,3)15-7-11(18)12-8-6-16-17-10(8)5-4-9(12)14/h4-6,11,15,18H,7H2,1-3H3,(H,16,17)/t11-/m0/s1. The maximum atomic E-state index is 10.3. The predicted molar refractivity (Wildman–Crippen MR) is 73.8 cm³/mol. The van der Waals surface area contributed by atoms with Gasteiger partial charge in [-0.25, -0.2) is 0 Å². The van der Waals surface area contributed by atoms with Crippen molar-refractivity contribution in [2.45, 2.75) is 32.4 Å². The van der Waals surface area contributed by atoms with Gasteiger partial charge in [-0.05, 0) is 32.9 Å². The lowest BCUT2D eigenvalue weighted by Gasteiger charge is -2.23. The van der Waals surface area contributed by atoms with Crippen LogP contribution in [0.5, 0.6) is 0 Å². The van der Waals surface area contributed by atoms with E-state index in [-0.39, 0.29) is 5.54 Å². The number of nitrogens with zero attached hydrogens (tertiary/aromatic N) is 1. The van der Waals surface area contributed by atoms with E-state index in [1.165, 1.54) is 0 Å². The Morgan fingerprint density at radius 2 is 2.17 bits per heavy atom. The van der Waals surface area contributed by atoms with Gasteiger partial charge in [0.15, 0.2) is 0 Å². The fourth-order valence-corrected chi connectivity index (χ4v) is 2.15. The third kappa shape index (κ3) is 2.83. The molecule has 4 nitrogen and oxygen atoms in total. The summed E-state index contributed by atoms with van der Waals surface area (Å²) in [5, 5.41) is 21.8. The molecule has 0 bridgehead atoms. The molecule has 2 rings (SSSR count). The number of aromatic nitrogens is 2. The molecule has 1 aromatic heterocycles. The fraction of sp³-hybridized carbons (Fsp3) is 0.462. The minimum Gasteiger partial charge on any atom is -0.387 e. The van der Waals surface area contributed by atoms with Gasteiger partial charge in [-0.2, -0.15) is 5.10 Å². The van der Waals surface area contributed by atoms with Crippen LogP contribution in [-0.4, -0.2) is 27.4 Å². The molecule has 1 atom stereocenters. The number of nitrogens with one attached hydrogen (secondary N) is 2. The highest BCUT2D eigenvalue weighted by atomic mass is 35.5. The summed E-state index contributed by atoms with van der Waals surface area (Å²) in [5.41, 5.74) is 1.56. The van der Waals surface area contributed by atoms with Crippen molar-refractivity contribution >= 4 is 22.5 Å². The summed E-state index contributed by atoms with van der Waals surface area (Å²) in [6.07, 6.45) is 1.04. The van der Waals surface area contributed by atoms with Gasteiger partial charge in [0.1, 0.15) is 0 Å². The molecule has 5 heteroatoms. The van der Waals surface area contributed by atoms with Crippen LogP contribution in [0.25, 0.3) is 10.9 Å². The third-order valence-corrected chi connectivity index (χ3v) is 3.10. The summed E-state index contributed by atoms with van der Waals surface area (Å²) < 4.78 is 0. The summed E-state index contributed by atoms with van der Waals surface area (Å²) in [7, 11) is 0. The monoisotopic (exact) mass is 267 g/mol. The number of benzene rings is 1. The molecule has 98 valence electrons. The number of fused-ring (bicyclic) bond motifs is 1. The predicted octanol–water partition coefficient (Wildman–Crippen LogP) is 2.64. The van der Waals surface area contributed by atoms with E-state index in [2.05, 4.69) is 36.3 Å². The second kappa shape index (κ2) is 4.88. The molecule has 3 N–H and O–H groups in total. The molecule has 1 aromatic carbocycles. The van der Waals surface area contributed by atoms with E-state index in [9.17, 15) is 5.11 Å². The Balaban J connectivity index is 2.29. The van der Waals surface area contributed by atoms with Gasteiger partial charge in [0.25, 0.3) is 0 Å². The second-order valence-corrected chi connectivity index (χ2v) is 5.85. The first-order valence-corrected chi connectivity index (χ1v) is 6.31. The van der Waals surface area contributed by atoms with Gasteiger partial charge in [-0.15, -0.1) is 0 Å². The quantitative estimate of drug-likeness (QED) is 0.801. The van der Waals surface area contributed by atoms with E-state index in [1.807, 2.05) is 6.07 Å². The molecule has 1 heterocycles. The van der Waals surface area contributed by atoms with Crippen molar-refractivity contribution in [3.05, 3.63) is 28.9 Å². The van der Waals surface area contributed by atoms with Gasteiger partial charge in [0.05, 0.1) is 17.8 Å². The molecule has 18 heavy (non-hydrogen) atoms. The number of aliphatic hydroxyl groups is 1. The lowest BCUT2D eigenvalue weighted by molar-refractivity contribution is 0.165. The molecule has 0 fully saturated rings. The molecule has 0 radical (unpaired) electrons. The number of aliphatic hydroxyl groups excluding tert-OH is 1. The van der Waals surface area contributed by atoms with Gasteiger partial charge in [0, 0.05) is 28.1 Å². The summed E-state index contributed by atoms with van der Waals surface area (Å²) in [5.74, 6) is 0. The zero-order chi connectivity index (χ0) is 13.3. The topological polar surface area (TPSA) is 60.9 Å². The summed E-state index contributed by atoms with van der Waals surface area (Å²) in [6, 6.07) is 3.63. The van der Waals surface area contributed by atoms with Crippen LogP contribution < -0.4 is 5.32 Å². The summed E-state index contributed by atoms with van der Waals surface area (Å²) in [6.45, 7) is 6.62. The number of β-amino-alcohol motifs (C(OH)–C–C–N with tert-alkyl or cyclic N) is 1. The molecule has 0 amide bonds. The number of hydrogen-bond acceptors (Lipinski definition) is 3. The van der Waals surface area contributed by atoms with E-state index in [0.717, 1.165) is 16.5 Å². The largest absolute Gasteiger partial charge is 0.387 e. The van der Waals surface area contributed by atoms with Crippen LogP contribution in [0.1, 0.15) is 32.4 Å². The van der Waals surface area contributed by atoms with Crippen molar-refractivity contribution in [3.8, 4) is 0 Å². The SMILES string of the molecule is CC(C)(C)NC[C@H](O)c1c(Cl)ccc2[nH]ncc12. The van der Waals surface area contributed by atoms with Crippen molar-refractivity contribution in [3.63, 3.8) is 0 Å². The zero-order valence-corrected chi connectivity index (χ0v) is 11.5. The van der Waals surface area contributed by atoms with Gasteiger partial charge in [-0.3, -0.25) is 5.10 Å². The number of H-pyrrole nitrogens is 1. The average molecular weight is 268 g/mol. The molecule has 0 aliphatic carbocycles. The maximum absolute atomic E-state index is 10.3. The molecule has 0 spiro atoms. The number of aromatic amines is 1.